The topological polar surface area (TPSA) is 120 Å². The maximum Gasteiger partial charge on any atom is 0.417 e. The van der Waals surface area contributed by atoms with E-state index < -0.39 is 85.1 Å². The molecular formula is C24H26F7N5O4. The Balaban J connectivity index is 1.43. The van der Waals surface area contributed by atoms with Gasteiger partial charge in [-0.05, 0) is 44.6 Å². The van der Waals surface area contributed by atoms with Gasteiger partial charge in [0.25, 0.3) is 5.91 Å². The van der Waals surface area contributed by atoms with Crippen LogP contribution in [-0.2, 0) is 4.79 Å². The Morgan fingerprint density at radius 2 is 1.82 bits per heavy atom. The number of piperidine rings is 1. The van der Waals surface area contributed by atoms with Crippen molar-refractivity contribution in [2.75, 3.05) is 13.7 Å². The first-order valence-corrected chi connectivity index (χ1v) is 12.4. The average Bonchev–Trinajstić information content (AvgIpc) is 3.38. The first-order valence-electron chi connectivity index (χ1n) is 12.4. The van der Waals surface area contributed by atoms with E-state index in [1.54, 1.807) is 0 Å². The third kappa shape index (κ3) is 6.00. The van der Waals surface area contributed by atoms with Crippen molar-refractivity contribution in [3.63, 3.8) is 0 Å². The Morgan fingerprint density at radius 1 is 1.15 bits per heavy atom. The molecule has 220 valence electrons. The van der Waals surface area contributed by atoms with Crippen LogP contribution in [0.1, 0.15) is 49.0 Å². The lowest BCUT2D eigenvalue weighted by molar-refractivity contribution is -0.270. The van der Waals surface area contributed by atoms with Crippen LogP contribution in [-0.4, -0.2) is 80.7 Å². The summed E-state index contributed by atoms with van der Waals surface area (Å²) < 4.78 is 100. The lowest BCUT2D eigenvalue weighted by Crippen LogP contribution is -2.56. The molecule has 4 rings (SSSR count). The van der Waals surface area contributed by atoms with E-state index in [1.807, 2.05) is 0 Å². The highest BCUT2D eigenvalue weighted by atomic mass is 19.4. The van der Waals surface area contributed by atoms with Gasteiger partial charge in [0.2, 0.25) is 11.8 Å². The first kappa shape index (κ1) is 29.6. The number of nitrogens with one attached hydrogen (secondary N) is 2. The number of hydrogen-bond acceptors (Lipinski definition) is 6. The SMILES string of the molecule is COc1cc(-c2cc(C(=O)N3CC[C@H](C(=O)N[C@H]4CC[C@@](O)(C(F)(F)F)CC4)C[C@H]3C(F)(F)F)n[nH]2)c(F)cn1. The highest BCUT2D eigenvalue weighted by Gasteiger charge is 2.55. The van der Waals surface area contributed by atoms with Crippen molar-refractivity contribution in [1.82, 2.24) is 25.4 Å². The van der Waals surface area contributed by atoms with Crippen molar-refractivity contribution < 1.29 is 50.2 Å². The molecule has 2 aromatic heterocycles. The summed E-state index contributed by atoms with van der Waals surface area (Å²) in [6.07, 6.45) is -11.4. The summed E-state index contributed by atoms with van der Waals surface area (Å²) in [4.78, 5) is 30.0. The Bertz CT molecular complexity index is 1240. The Hall–Kier alpha value is -3.43. The van der Waals surface area contributed by atoms with Gasteiger partial charge in [0.15, 0.2) is 17.1 Å². The number of carbonyl (C=O) groups excluding carboxylic acids is 2. The number of aliphatic hydroxyl groups is 1. The molecule has 0 radical (unpaired) electrons. The summed E-state index contributed by atoms with van der Waals surface area (Å²) in [5.74, 6) is -3.71. The number of aromatic amines is 1. The fourth-order valence-corrected chi connectivity index (χ4v) is 5.05. The summed E-state index contributed by atoms with van der Waals surface area (Å²) in [5, 5.41) is 18.5. The number of carbonyl (C=O) groups is 2. The summed E-state index contributed by atoms with van der Waals surface area (Å²) in [6, 6.07) is -0.745. The summed E-state index contributed by atoms with van der Waals surface area (Å²) in [6.45, 7) is -0.445. The second-order valence-corrected chi connectivity index (χ2v) is 9.96. The second-order valence-electron chi connectivity index (χ2n) is 9.96. The van der Waals surface area contributed by atoms with Gasteiger partial charge in [0.1, 0.15) is 6.04 Å². The number of H-pyrrole nitrogens is 1. The van der Waals surface area contributed by atoms with Crippen molar-refractivity contribution in [3.05, 3.63) is 29.8 Å². The third-order valence-electron chi connectivity index (χ3n) is 7.43. The highest BCUT2D eigenvalue weighted by molar-refractivity contribution is 5.94. The van der Waals surface area contributed by atoms with E-state index >= 15 is 0 Å². The van der Waals surface area contributed by atoms with Gasteiger partial charge in [-0.25, -0.2) is 9.37 Å². The first-order chi connectivity index (χ1) is 18.6. The van der Waals surface area contributed by atoms with Crippen molar-refractivity contribution >= 4 is 11.8 Å². The zero-order chi connectivity index (χ0) is 29.5. The minimum Gasteiger partial charge on any atom is -0.481 e. The fraction of sp³-hybridized carbons (Fsp3) is 0.583. The van der Waals surface area contributed by atoms with E-state index in [1.165, 1.54) is 13.2 Å². The van der Waals surface area contributed by atoms with E-state index in [2.05, 4.69) is 20.5 Å². The van der Waals surface area contributed by atoms with Gasteiger partial charge in [0, 0.05) is 30.1 Å². The molecule has 1 aliphatic carbocycles. The standard InChI is InChI=1S/C24H26F7N5O4/c1-40-19-9-14(15(25)11-32-19)16-10-17(35-34-16)21(38)36-7-4-12(8-18(36)23(26,27)28)20(37)33-13-2-5-22(39,6-3-13)24(29,30)31/h9-13,18,39H,2-8H2,1H3,(H,33,37)(H,34,35)/t12-,13-,18-,22-/m0/s1. The van der Waals surface area contributed by atoms with E-state index in [-0.39, 0.29) is 36.4 Å². The number of hydrogen-bond donors (Lipinski definition) is 3. The number of nitrogens with zero attached hydrogens (tertiary/aromatic N) is 3. The van der Waals surface area contributed by atoms with Crippen LogP contribution in [0.5, 0.6) is 5.88 Å². The van der Waals surface area contributed by atoms with Crippen LogP contribution in [0.25, 0.3) is 11.3 Å². The molecule has 1 aliphatic heterocycles. The van der Waals surface area contributed by atoms with Gasteiger partial charge in [-0.3, -0.25) is 14.7 Å². The molecule has 0 unspecified atom stereocenters. The molecule has 40 heavy (non-hydrogen) atoms. The molecule has 3 heterocycles. The van der Waals surface area contributed by atoms with Gasteiger partial charge >= 0.3 is 12.4 Å². The predicted molar refractivity (Wildman–Crippen MR) is 123 cm³/mol. The molecule has 0 spiro atoms. The molecular weight excluding hydrogens is 555 g/mol. The lowest BCUT2D eigenvalue weighted by atomic mass is 9.81. The number of aromatic nitrogens is 3. The number of rotatable bonds is 5. The van der Waals surface area contributed by atoms with Crippen LogP contribution in [0, 0.1) is 11.7 Å². The molecule has 3 N–H and O–H groups in total. The van der Waals surface area contributed by atoms with Gasteiger partial charge in [-0.1, -0.05) is 0 Å². The minimum atomic E-state index is -4.90. The van der Waals surface area contributed by atoms with Crippen LogP contribution in [0.3, 0.4) is 0 Å². The van der Waals surface area contributed by atoms with Crippen LogP contribution < -0.4 is 10.1 Å². The molecule has 2 fully saturated rings. The molecule has 1 saturated heterocycles. The number of methoxy groups -OCH3 is 1. The fourth-order valence-electron chi connectivity index (χ4n) is 5.05. The van der Waals surface area contributed by atoms with Crippen LogP contribution >= 0.6 is 0 Å². The van der Waals surface area contributed by atoms with Gasteiger partial charge < -0.3 is 20.1 Å². The van der Waals surface area contributed by atoms with Gasteiger partial charge in [-0.2, -0.15) is 31.4 Å². The number of ether oxygens (including phenoxy) is 1. The number of likely N-dealkylation sites (tertiary alicyclic amines) is 1. The number of amides is 2. The van der Waals surface area contributed by atoms with Crippen molar-refractivity contribution in [2.24, 2.45) is 5.92 Å². The monoisotopic (exact) mass is 581 g/mol. The molecule has 0 bridgehead atoms. The maximum atomic E-state index is 14.2. The molecule has 2 aromatic rings. The normalized spacial score (nSPS) is 25.9. The van der Waals surface area contributed by atoms with E-state index in [0.717, 1.165) is 12.3 Å². The minimum absolute atomic E-state index is 0.00396. The number of halogens is 7. The second kappa shape index (κ2) is 10.9. The Kier molecular flexibility index (Phi) is 8.02. The maximum absolute atomic E-state index is 14.2. The van der Waals surface area contributed by atoms with Crippen LogP contribution in [0.15, 0.2) is 18.3 Å². The van der Waals surface area contributed by atoms with E-state index in [9.17, 15) is 45.4 Å². The Morgan fingerprint density at radius 3 is 2.42 bits per heavy atom. The third-order valence-corrected chi connectivity index (χ3v) is 7.43. The van der Waals surface area contributed by atoms with Crippen molar-refractivity contribution in [1.29, 1.82) is 0 Å². The molecule has 2 atom stereocenters. The van der Waals surface area contributed by atoms with Crippen LogP contribution in [0.4, 0.5) is 30.7 Å². The quantitative estimate of drug-likeness (QED) is 0.463. The van der Waals surface area contributed by atoms with Crippen LogP contribution in [0.2, 0.25) is 0 Å². The molecule has 2 amide bonds. The predicted octanol–water partition coefficient (Wildman–Crippen LogP) is 3.75. The van der Waals surface area contributed by atoms with E-state index in [4.69, 9.17) is 4.74 Å². The molecule has 9 nitrogen and oxygen atoms in total. The summed E-state index contributed by atoms with van der Waals surface area (Å²) in [7, 11) is 1.30. The van der Waals surface area contributed by atoms with Gasteiger partial charge in [-0.15, -0.1) is 0 Å². The average molecular weight is 581 g/mol. The van der Waals surface area contributed by atoms with Gasteiger partial charge in [0.05, 0.1) is 19.0 Å². The lowest BCUT2D eigenvalue weighted by Gasteiger charge is -2.40. The number of alkyl halides is 6. The van der Waals surface area contributed by atoms with Crippen molar-refractivity contribution in [2.45, 2.75) is 68.6 Å². The molecule has 2 aliphatic rings. The zero-order valence-corrected chi connectivity index (χ0v) is 21.1. The Labute approximate surface area is 223 Å². The largest absolute Gasteiger partial charge is 0.481 e. The molecule has 0 aromatic carbocycles. The molecule has 1 saturated carbocycles. The summed E-state index contributed by atoms with van der Waals surface area (Å²) >= 11 is 0. The zero-order valence-electron chi connectivity index (χ0n) is 21.1. The highest BCUT2D eigenvalue weighted by Crippen LogP contribution is 2.42. The number of pyridine rings is 1. The smallest absolute Gasteiger partial charge is 0.417 e. The van der Waals surface area contributed by atoms with Crippen molar-refractivity contribution in [3.8, 4) is 17.1 Å². The summed E-state index contributed by atoms with van der Waals surface area (Å²) in [5.41, 5.74) is -3.33. The molecule has 16 heteroatoms. The van der Waals surface area contributed by atoms with E-state index in [0.29, 0.717) is 4.90 Å².